The van der Waals surface area contributed by atoms with Crippen LogP contribution in [0.3, 0.4) is 0 Å². The van der Waals surface area contributed by atoms with E-state index in [4.69, 9.17) is 14.2 Å². The van der Waals surface area contributed by atoms with Crippen molar-refractivity contribution < 1.29 is 19.0 Å². The Hall–Kier alpha value is -3.65. The number of ether oxygens (including phenoxy) is 3. The minimum atomic E-state index is -0.214. The summed E-state index contributed by atoms with van der Waals surface area (Å²) in [4.78, 5) is 14.9. The molecule has 0 bridgehead atoms. The van der Waals surface area contributed by atoms with Gasteiger partial charge in [0.2, 0.25) is 6.79 Å². The molecule has 2 aliphatic heterocycles. The van der Waals surface area contributed by atoms with E-state index in [1.807, 2.05) is 24.3 Å². The van der Waals surface area contributed by atoms with Gasteiger partial charge in [-0.1, -0.05) is 12.1 Å². The maximum Gasteiger partial charge on any atom is 0.255 e. The van der Waals surface area contributed by atoms with Crippen LogP contribution < -0.4 is 19.7 Å². The van der Waals surface area contributed by atoms with Gasteiger partial charge in [-0.3, -0.25) is 4.79 Å². The lowest BCUT2D eigenvalue weighted by Crippen LogP contribution is -2.36. The average molecular weight is 404 g/mol. The van der Waals surface area contributed by atoms with Crippen molar-refractivity contribution in [3.63, 3.8) is 0 Å². The highest BCUT2D eigenvalue weighted by atomic mass is 16.7. The number of anilines is 2. The van der Waals surface area contributed by atoms with Gasteiger partial charge < -0.3 is 24.4 Å². The molecule has 152 valence electrons. The van der Waals surface area contributed by atoms with E-state index in [9.17, 15) is 4.79 Å². The van der Waals surface area contributed by atoms with Crippen LogP contribution in [0.15, 0.2) is 54.6 Å². The van der Waals surface area contributed by atoms with Crippen molar-refractivity contribution in [2.75, 3.05) is 43.3 Å². The molecular weight excluding hydrogens is 384 g/mol. The Bertz CT molecular complexity index is 1060. The van der Waals surface area contributed by atoms with Crippen molar-refractivity contribution in [2.45, 2.75) is 0 Å². The first kappa shape index (κ1) is 18.4. The fraction of sp³-hybridized carbons (Fsp3) is 0.227. The standard InChI is InChI=1S/C22H20N4O4/c27-22(23-17-4-6-19-20(13-17)30-14-29-19)16-3-1-2-15(12-16)18-5-7-21(25-24-18)26-8-10-28-11-9-26/h1-7,12-13H,8-11,14H2,(H,23,27). The van der Waals surface area contributed by atoms with Crippen LogP contribution in [0, 0.1) is 0 Å². The van der Waals surface area contributed by atoms with Crippen molar-refractivity contribution in [1.29, 1.82) is 0 Å². The molecule has 3 aromatic rings. The molecule has 8 heteroatoms. The number of amides is 1. The first-order valence-electron chi connectivity index (χ1n) is 9.74. The van der Waals surface area contributed by atoms with E-state index in [2.05, 4.69) is 20.4 Å². The number of fused-ring (bicyclic) bond motifs is 1. The van der Waals surface area contributed by atoms with E-state index >= 15 is 0 Å². The Kier molecular flexibility index (Phi) is 4.90. The Morgan fingerprint density at radius 1 is 0.933 bits per heavy atom. The zero-order chi connectivity index (χ0) is 20.3. The third kappa shape index (κ3) is 3.77. The summed E-state index contributed by atoms with van der Waals surface area (Å²) in [5.74, 6) is 1.92. The summed E-state index contributed by atoms with van der Waals surface area (Å²) in [6.45, 7) is 3.21. The molecule has 1 N–H and O–H groups in total. The minimum absolute atomic E-state index is 0.195. The molecule has 30 heavy (non-hydrogen) atoms. The molecule has 3 heterocycles. The largest absolute Gasteiger partial charge is 0.454 e. The van der Waals surface area contributed by atoms with Gasteiger partial charge in [0.05, 0.1) is 18.9 Å². The van der Waals surface area contributed by atoms with Gasteiger partial charge in [0.15, 0.2) is 17.3 Å². The number of carbonyl (C=O) groups is 1. The molecular formula is C22H20N4O4. The molecule has 0 radical (unpaired) electrons. The highest BCUT2D eigenvalue weighted by Crippen LogP contribution is 2.34. The van der Waals surface area contributed by atoms with E-state index in [1.165, 1.54) is 0 Å². The van der Waals surface area contributed by atoms with E-state index in [-0.39, 0.29) is 12.7 Å². The number of nitrogens with one attached hydrogen (secondary N) is 1. The molecule has 8 nitrogen and oxygen atoms in total. The SMILES string of the molecule is O=C(Nc1ccc2c(c1)OCO2)c1cccc(-c2ccc(N3CCOCC3)nn2)c1. The molecule has 2 aromatic carbocycles. The molecule has 0 atom stereocenters. The van der Waals surface area contributed by atoms with Crippen molar-refractivity contribution >= 4 is 17.4 Å². The van der Waals surface area contributed by atoms with Crippen LogP contribution in [0.1, 0.15) is 10.4 Å². The third-order valence-corrected chi connectivity index (χ3v) is 5.04. The number of aromatic nitrogens is 2. The lowest BCUT2D eigenvalue weighted by Gasteiger charge is -2.27. The van der Waals surface area contributed by atoms with Gasteiger partial charge in [-0.05, 0) is 36.4 Å². The smallest absolute Gasteiger partial charge is 0.255 e. The zero-order valence-corrected chi connectivity index (χ0v) is 16.2. The van der Waals surface area contributed by atoms with Crippen molar-refractivity contribution in [3.05, 3.63) is 60.2 Å². The van der Waals surface area contributed by atoms with Crippen LogP contribution in [0.25, 0.3) is 11.3 Å². The van der Waals surface area contributed by atoms with Crippen LogP contribution in [-0.4, -0.2) is 49.2 Å². The maximum atomic E-state index is 12.7. The second-order valence-corrected chi connectivity index (χ2v) is 6.98. The second kappa shape index (κ2) is 8.00. The summed E-state index contributed by atoms with van der Waals surface area (Å²) in [5.41, 5.74) is 2.72. The Morgan fingerprint density at radius 2 is 1.80 bits per heavy atom. The van der Waals surface area contributed by atoms with Gasteiger partial charge in [-0.15, -0.1) is 10.2 Å². The second-order valence-electron chi connectivity index (χ2n) is 6.98. The van der Waals surface area contributed by atoms with Gasteiger partial charge >= 0.3 is 0 Å². The topological polar surface area (TPSA) is 85.8 Å². The van der Waals surface area contributed by atoms with E-state index < -0.39 is 0 Å². The highest BCUT2D eigenvalue weighted by molar-refractivity contribution is 6.05. The number of benzene rings is 2. The predicted octanol–water partition coefficient (Wildman–Crippen LogP) is 2.96. The van der Waals surface area contributed by atoms with Gasteiger partial charge in [0, 0.05) is 36.0 Å². The number of carbonyl (C=O) groups excluding carboxylic acids is 1. The van der Waals surface area contributed by atoms with Crippen molar-refractivity contribution in [3.8, 4) is 22.8 Å². The fourth-order valence-corrected chi connectivity index (χ4v) is 3.44. The van der Waals surface area contributed by atoms with Crippen LogP contribution in [0.2, 0.25) is 0 Å². The number of rotatable bonds is 4. The molecule has 2 aliphatic rings. The van der Waals surface area contributed by atoms with Crippen LogP contribution in [0.4, 0.5) is 11.5 Å². The average Bonchev–Trinajstić information content (AvgIpc) is 3.28. The van der Waals surface area contributed by atoms with Gasteiger partial charge in [0.25, 0.3) is 5.91 Å². The van der Waals surface area contributed by atoms with Crippen molar-refractivity contribution in [2.24, 2.45) is 0 Å². The van der Waals surface area contributed by atoms with Gasteiger partial charge in [0.1, 0.15) is 0 Å². The van der Waals surface area contributed by atoms with E-state index in [0.717, 1.165) is 24.5 Å². The van der Waals surface area contributed by atoms with Gasteiger partial charge in [-0.25, -0.2) is 0 Å². The lowest BCUT2D eigenvalue weighted by atomic mass is 10.1. The van der Waals surface area contributed by atoms with Crippen molar-refractivity contribution in [1.82, 2.24) is 10.2 Å². The summed E-state index contributed by atoms with van der Waals surface area (Å²) < 4.78 is 16.0. The summed E-state index contributed by atoms with van der Waals surface area (Å²) in [7, 11) is 0. The molecule has 0 unspecified atom stereocenters. The Balaban J connectivity index is 1.31. The Labute approximate surface area is 173 Å². The Morgan fingerprint density at radius 3 is 2.63 bits per heavy atom. The number of nitrogens with zero attached hydrogens (tertiary/aromatic N) is 3. The third-order valence-electron chi connectivity index (χ3n) is 5.04. The summed E-state index contributed by atoms with van der Waals surface area (Å²) in [5, 5.41) is 11.6. The summed E-state index contributed by atoms with van der Waals surface area (Å²) in [6.07, 6.45) is 0. The summed E-state index contributed by atoms with van der Waals surface area (Å²) in [6, 6.07) is 16.5. The molecule has 1 aromatic heterocycles. The maximum absolute atomic E-state index is 12.7. The first-order chi connectivity index (χ1) is 14.8. The molecule has 0 saturated carbocycles. The first-order valence-corrected chi connectivity index (χ1v) is 9.74. The predicted molar refractivity (Wildman–Crippen MR) is 111 cm³/mol. The molecule has 1 saturated heterocycles. The van der Waals surface area contributed by atoms with Crippen LogP contribution >= 0.6 is 0 Å². The monoisotopic (exact) mass is 404 g/mol. The highest BCUT2D eigenvalue weighted by Gasteiger charge is 2.16. The van der Waals surface area contributed by atoms with E-state index in [1.54, 1.807) is 30.3 Å². The lowest BCUT2D eigenvalue weighted by molar-refractivity contribution is 0.102. The number of hydrogen-bond acceptors (Lipinski definition) is 7. The zero-order valence-electron chi connectivity index (χ0n) is 16.2. The molecule has 1 fully saturated rings. The molecule has 0 spiro atoms. The molecule has 0 aliphatic carbocycles. The minimum Gasteiger partial charge on any atom is -0.454 e. The van der Waals surface area contributed by atoms with E-state index in [0.29, 0.717) is 41.7 Å². The van der Waals surface area contributed by atoms with Crippen LogP contribution in [-0.2, 0) is 4.74 Å². The number of morpholine rings is 1. The van der Waals surface area contributed by atoms with Crippen LogP contribution in [0.5, 0.6) is 11.5 Å². The quantitative estimate of drug-likeness (QED) is 0.715. The normalized spacial score (nSPS) is 15.1. The number of hydrogen-bond donors (Lipinski definition) is 1. The fourth-order valence-electron chi connectivity index (χ4n) is 3.44. The summed E-state index contributed by atoms with van der Waals surface area (Å²) >= 11 is 0. The molecule has 5 rings (SSSR count). The molecule has 1 amide bonds. The van der Waals surface area contributed by atoms with Gasteiger partial charge in [-0.2, -0.15) is 0 Å².